The lowest BCUT2D eigenvalue weighted by atomic mass is 10.2. The van der Waals surface area contributed by atoms with Crippen molar-refractivity contribution in [1.82, 2.24) is 10.3 Å². The SMILES string of the molecule is CC(N)CCNC(=O)Cc1csc(-c2cccc(Br)c2)n1.Cl.Cl. The standard InChI is InChI=1S/C15H18BrN3OS.2ClH/c1-10(17)5-6-18-14(20)8-13-9-21-15(19-13)11-3-2-4-12(16)7-11;;/h2-4,7,9-10H,5-6,8,17H2,1H3,(H,18,20);2*1H. The fourth-order valence-electron chi connectivity index (χ4n) is 1.81. The Morgan fingerprint density at radius 3 is 2.83 bits per heavy atom. The first kappa shape index (κ1) is 22.3. The summed E-state index contributed by atoms with van der Waals surface area (Å²) in [5.74, 6) is -0.0123. The van der Waals surface area contributed by atoms with E-state index in [0.717, 1.165) is 27.2 Å². The first-order valence-corrected chi connectivity index (χ1v) is 8.44. The van der Waals surface area contributed by atoms with E-state index in [0.29, 0.717) is 13.0 Å². The minimum absolute atomic E-state index is 0. The van der Waals surface area contributed by atoms with Crippen molar-refractivity contribution in [2.75, 3.05) is 6.54 Å². The number of carbonyl (C=O) groups excluding carboxylic acids is 1. The van der Waals surface area contributed by atoms with E-state index < -0.39 is 0 Å². The molecule has 0 bridgehead atoms. The van der Waals surface area contributed by atoms with Gasteiger partial charge in [0.2, 0.25) is 5.91 Å². The maximum absolute atomic E-state index is 11.8. The van der Waals surface area contributed by atoms with Crippen molar-refractivity contribution in [3.63, 3.8) is 0 Å². The third-order valence-electron chi connectivity index (χ3n) is 2.89. The maximum Gasteiger partial charge on any atom is 0.226 e. The summed E-state index contributed by atoms with van der Waals surface area (Å²) in [6.45, 7) is 2.54. The van der Waals surface area contributed by atoms with Crippen LogP contribution in [-0.4, -0.2) is 23.5 Å². The fourth-order valence-corrected chi connectivity index (χ4v) is 3.02. The minimum Gasteiger partial charge on any atom is -0.356 e. The number of rotatable bonds is 6. The Labute approximate surface area is 161 Å². The molecule has 0 saturated heterocycles. The Balaban J connectivity index is 0.00000242. The van der Waals surface area contributed by atoms with Crippen LogP contribution in [0, 0.1) is 0 Å². The summed E-state index contributed by atoms with van der Waals surface area (Å²) in [5, 5.41) is 5.72. The molecule has 1 heterocycles. The van der Waals surface area contributed by atoms with Gasteiger partial charge in [-0.3, -0.25) is 4.79 Å². The van der Waals surface area contributed by atoms with Gasteiger partial charge in [0.05, 0.1) is 12.1 Å². The smallest absolute Gasteiger partial charge is 0.226 e. The van der Waals surface area contributed by atoms with Crippen molar-refractivity contribution < 1.29 is 4.79 Å². The largest absolute Gasteiger partial charge is 0.356 e. The molecule has 0 fully saturated rings. The highest BCUT2D eigenvalue weighted by Gasteiger charge is 2.09. The van der Waals surface area contributed by atoms with E-state index in [1.807, 2.05) is 36.6 Å². The molecule has 23 heavy (non-hydrogen) atoms. The summed E-state index contributed by atoms with van der Waals surface area (Å²) in [6, 6.07) is 8.08. The first-order chi connectivity index (χ1) is 10.0. The Morgan fingerprint density at radius 2 is 2.17 bits per heavy atom. The van der Waals surface area contributed by atoms with Gasteiger partial charge in [0.25, 0.3) is 0 Å². The molecule has 8 heteroatoms. The highest BCUT2D eigenvalue weighted by molar-refractivity contribution is 9.10. The van der Waals surface area contributed by atoms with Crippen LogP contribution in [0.4, 0.5) is 0 Å². The summed E-state index contributed by atoms with van der Waals surface area (Å²) >= 11 is 5.00. The maximum atomic E-state index is 11.8. The lowest BCUT2D eigenvalue weighted by Crippen LogP contribution is -2.30. The topological polar surface area (TPSA) is 68.0 Å². The monoisotopic (exact) mass is 439 g/mol. The number of halogens is 3. The van der Waals surface area contributed by atoms with Crippen LogP contribution >= 0.6 is 52.1 Å². The predicted molar refractivity (Wildman–Crippen MR) is 105 cm³/mol. The van der Waals surface area contributed by atoms with Gasteiger partial charge in [-0.05, 0) is 25.5 Å². The van der Waals surface area contributed by atoms with Crippen molar-refractivity contribution >= 4 is 58.0 Å². The first-order valence-electron chi connectivity index (χ1n) is 6.77. The molecule has 0 aliphatic rings. The molecule has 1 aromatic carbocycles. The van der Waals surface area contributed by atoms with Crippen molar-refractivity contribution in [1.29, 1.82) is 0 Å². The van der Waals surface area contributed by atoms with E-state index >= 15 is 0 Å². The molecular formula is C15H20BrCl2N3OS. The molecule has 1 unspecified atom stereocenters. The lowest BCUT2D eigenvalue weighted by molar-refractivity contribution is -0.120. The zero-order chi connectivity index (χ0) is 15.2. The van der Waals surface area contributed by atoms with Crippen molar-refractivity contribution in [3.8, 4) is 10.6 Å². The second-order valence-electron chi connectivity index (χ2n) is 4.95. The number of aromatic nitrogens is 1. The van der Waals surface area contributed by atoms with Gasteiger partial charge in [-0.2, -0.15) is 0 Å². The van der Waals surface area contributed by atoms with Crippen LogP contribution < -0.4 is 11.1 Å². The van der Waals surface area contributed by atoms with Gasteiger partial charge in [-0.1, -0.05) is 28.1 Å². The van der Waals surface area contributed by atoms with Gasteiger partial charge in [-0.15, -0.1) is 36.2 Å². The number of carbonyl (C=O) groups is 1. The molecule has 2 aromatic rings. The highest BCUT2D eigenvalue weighted by atomic mass is 79.9. The quantitative estimate of drug-likeness (QED) is 0.717. The second-order valence-corrected chi connectivity index (χ2v) is 6.72. The molecule has 4 nitrogen and oxygen atoms in total. The molecule has 1 amide bonds. The summed E-state index contributed by atoms with van der Waals surface area (Å²) in [4.78, 5) is 16.3. The molecule has 3 N–H and O–H groups in total. The van der Waals surface area contributed by atoms with Crippen LogP contribution in [0.5, 0.6) is 0 Å². The number of benzene rings is 1. The van der Waals surface area contributed by atoms with Crippen LogP contribution in [0.15, 0.2) is 34.1 Å². The predicted octanol–water partition coefficient (Wildman–Crippen LogP) is 3.81. The molecule has 0 saturated carbocycles. The Hall–Kier alpha value is -0.660. The third kappa shape index (κ3) is 7.63. The average molecular weight is 441 g/mol. The van der Waals surface area contributed by atoms with Gasteiger partial charge in [0.1, 0.15) is 5.01 Å². The third-order valence-corrected chi connectivity index (χ3v) is 4.32. The molecule has 0 aliphatic heterocycles. The summed E-state index contributed by atoms with van der Waals surface area (Å²) in [6.07, 6.45) is 1.09. The molecular weight excluding hydrogens is 421 g/mol. The van der Waals surface area contributed by atoms with E-state index in [1.54, 1.807) is 11.3 Å². The van der Waals surface area contributed by atoms with Gasteiger partial charge >= 0.3 is 0 Å². The average Bonchev–Trinajstić information content (AvgIpc) is 2.86. The molecule has 0 radical (unpaired) electrons. The van der Waals surface area contributed by atoms with Crippen LogP contribution in [0.2, 0.25) is 0 Å². The van der Waals surface area contributed by atoms with Gasteiger partial charge in [0, 0.05) is 28.0 Å². The Bertz CT molecular complexity index is 622. The number of amides is 1. The Morgan fingerprint density at radius 1 is 1.43 bits per heavy atom. The molecule has 0 spiro atoms. The van der Waals surface area contributed by atoms with E-state index in [1.165, 1.54) is 0 Å². The van der Waals surface area contributed by atoms with Crippen LogP contribution in [0.25, 0.3) is 10.6 Å². The number of hydrogen-bond donors (Lipinski definition) is 2. The van der Waals surface area contributed by atoms with E-state index in [2.05, 4.69) is 26.2 Å². The zero-order valence-electron chi connectivity index (χ0n) is 12.6. The van der Waals surface area contributed by atoms with Crippen LogP contribution in [0.1, 0.15) is 19.0 Å². The van der Waals surface area contributed by atoms with E-state index in [-0.39, 0.29) is 36.8 Å². The molecule has 0 aliphatic carbocycles. The number of nitrogens with zero attached hydrogens (tertiary/aromatic N) is 1. The minimum atomic E-state index is -0.0123. The second kappa shape index (κ2) is 11.0. The van der Waals surface area contributed by atoms with E-state index in [9.17, 15) is 4.79 Å². The Kier molecular flexibility index (Phi) is 10.7. The molecule has 2 rings (SSSR count). The lowest BCUT2D eigenvalue weighted by Gasteiger charge is -2.06. The summed E-state index contributed by atoms with van der Waals surface area (Å²) in [5.41, 5.74) is 7.50. The zero-order valence-corrected chi connectivity index (χ0v) is 16.7. The number of nitrogens with two attached hydrogens (primary N) is 1. The van der Waals surface area contributed by atoms with Gasteiger partial charge < -0.3 is 11.1 Å². The number of thiazole rings is 1. The van der Waals surface area contributed by atoms with E-state index in [4.69, 9.17) is 5.73 Å². The summed E-state index contributed by atoms with van der Waals surface area (Å²) in [7, 11) is 0. The number of nitrogens with one attached hydrogen (secondary N) is 1. The molecule has 1 atom stereocenters. The van der Waals surface area contributed by atoms with Crippen molar-refractivity contribution in [2.45, 2.75) is 25.8 Å². The van der Waals surface area contributed by atoms with Crippen LogP contribution in [0.3, 0.4) is 0 Å². The molecule has 1 aromatic heterocycles. The van der Waals surface area contributed by atoms with Gasteiger partial charge in [0.15, 0.2) is 0 Å². The summed E-state index contributed by atoms with van der Waals surface area (Å²) < 4.78 is 1.02. The van der Waals surface area contributed by atoms with Crippen LogP contribution in [-0.2, 0) is 11.2 Å². The fraction of sp³-hybridized carbons (Fsp3) is 0.333. The number of hydrogen-bond acceptors (Lipinski definition) is 4. The van der Waals surface area contributed by atoms with Gasteiger partial charge in [-0.25, -0.2) is 4.98 Å². The normalized spacial score (nSPS) is 11.1. The molecule has 128 valence electrons. The van der Waals surface area contributed by atoms with Crippen molar-refractivity contribution in [3.05, 3.63) is 39.8 Å². The van der Waals surface area contributed by atoms with Crippen molar-refractivity contribution in [2.24, 2.45) is 5.73 Å². The highest BCUT2D eigenvalue weighted by Crippen LogP contribution is 2.26.